The molecule has 4 heterocycles. The predicted molar refractivity (Wildman–Crippen MR) is 153 cm³/mol. The first kappa shape index (κ1) is 33.6. The molecule has 3 fully saturated rings. The maximum absolute atomic E-state index is 15.5. The SMILES string of the molecule is N#Cc1ccc(C(NS(=O)(=O)c2cc3c(F)c(F)c(OCC[N+]45CC[N+](CCCN)(CC4)CC5)c(F)c3s2)O[P+](=O)[O-])cc1F. The first-order valence-electron chi connectivity index (χ1n) is 14.0. The van der Waals surface area contributed by atoms with Crippen molar-refractivity contribution < 1.29 is 53.7 Å². The van der Waals surface area contributed by atoms with Gasteiger partial charge < -0.3 is 24.3 Å². The Balaban J connectivity index is 1.34. The molecule has 6 rings (SSSR count). The van der Waals surface area contributed by atoms with Crippen LogP contribution in [0.5, 0.6) is 5.75 Å². The minimum Gasteiger partial charge on any atom is -0.566 e. The summed E-state index contributed by atoms with van der Waals surface area (Å²) in [7, 11) is -8.44. The second kappa shape index (κ2) is 13.1. The zero-order valence-electron chi connectivity index (χ0n) is 23.8. The maximum Gasteiger partial charge on any atom is 0.490 e. The molecule has 2 bridgehead atoms. The van der Waals surface area contributed by atoms with E-state index < -0.39 is 73.4 Å². The summed E-state index contributed by atoms with van der Waals surface area (Å²) in [6.07, 6.45) is -1.04. The lowest BCUT2D eigenvalue weighted by Crippen LogP contribution is -2.75. The van der Waals surface area contributed by atoms with Crippen LogP contribution in [-0.4, -0.2) is 82.9 Å². The number of hydrogen-bond donors (Lipinski definition) is 2. The molecule has 18 heteroatoms. The molecule has 0 saturated carbocycles. The number of sulfonamides is 1. The van der Waals surface area contributed by atoms with Gasteiger partial charge in [-0.05, 0) is 29.3 Å². The van der Waals surface area contributed by atoms with Crippen molar-refractivity contribution in [2.24, 2.45) is 5.73 Å². The third-order valence-electron chi connectivity index (χ3n) is 8.67. The molecule has 1 aromatic heterocycles. The topological polar surface area (TPSA) is 155 Å². The molecule has 3 aromatic rings. The highest BCUT2D eigenvalue weighted by Gasteiger charge is 2.48. The van der Waals surface area contributed by atoms with Gasteiger partial charge in [-0.15, -0.1) is 15.9 Å². The quantitative estimate of drug-likeness (QED) is 0.0913. The van der Waals surface area contributed by atoms with Gasteiger partial charge in [0.2, 0.25) is 12.0 Å². The van der Waals surface area contributed by atoms with E-state index in [1.807, 2.05) is 4.72 Å². The van der Waals surface area contributed by atoms with Crippen LogP contribution >= 0.6 is 19.6 Å². The molecule has 2 atom stereocenters. The zero-order valence-corrected chi connectivity index (χ0v) is 26.3. The van der Waals surface area contributed by atoms with Gasteiger partial charge >= 0.3 is 8.25 Å². The average molecular weight is 692 g/mol. The van der Waals surface area contributed by atoms with Gasteiger partial charge in [0.15, 0.2) is 17.4 Å². The monoisotopic (exact) mass is 691 g/mol. The fraction of sp³-hybridized carbons (Fsp3) is 0.444. The fourth-order valence-electron chi connectivity index (χ4n) is 5.97. The number of quaternary nitrogens is 2. The summed E-state index contributed by atoms with van der Waals surface area (Å²) < 4.78 is 110. The molecule has 3 N–H and O–H groups in total. The minimum absolute atomic E-state index is 0.0901. The third kappa shape index (κ3) is 6.85. The molecule has 3 aliphatic heterocycles. The summed E-state index contributed by atoms with van der Waals surface area (Å²) in [5.74, 6) is -6.44. The normalized spacial score (nSPS) is 22.4. The highest BCUT2D eigenvalue weighted by molar-refractivity contribution is 7.91. The van der Waals surface area contributed by atoms with Gasteiger partial charge in [0.25, 0.3) is 10.0 Å². The standard InChI is InChI=1S/C27H30F4N5O6PS2/c28-20-14-17(2-3-18(20)16-33)27(42-43(37)38)34-45(39,40)21-15-19-22(29)23(30)25(24(31)26(19)44-21)41-13-12-36-9-6-35(7-10-36,8-11-36)5-1-4-32/h2-3,14-15,27,34H,1,4-13,32H2/q+2. The van der Waals surface area contributed by atoms with Gasteiger partial charge in [-0.2, -0.15) is 14.4 Å². The Kier molecular flexibility index (Phi) is 9.81. The number of ether oxygens (including phenoxy) is 1. The Labute approximate surface area is 261 Å². The number of fused-ring (bicyclic) bond motifs is 4. The lowest BCUT2D eigenvalue weighted by Gasteiger charge is -2.55. The molecule has 2 aromatic carbocycles. The van der Waals surface area contributed by atoms with Crippen molar-refractivity contribution in [1.82, 2.24) is 4.72 Å². The second-order valence-electron chi connectivity index (χ2n) is 11.2. The molecule has 3 saturated heterocycles. The summed E-state index contributed by atoms with van der Waals surface area (Å²) in [5, 5.41) is 8.25. The van der Waals surface area contributed by atoms with E-state index in [4.69, 9.17) is 15.7 Å². The summed E-state index contributed by atoms with van der Waals surface area (Å²) in [6.45, 7) is 7.60. The van der Waals surface area contributed by atoms with Gasteiger partial charge in [0, 0.05) is 17.4 Å². The van der Waals surface area contributed by atoms with Crippen LogP contribution in [0.3, 0.4) is 0 Å². The van der Waals surface area contributed by atoms with Crippen LogP contribution in [0.4, 0.5) is 17.6 Å². The number of thiophene rings is 1. The second-order valence-corrected chi connectivity index (χ2v) is 14.9. The van der Waals surface area contributed by atoms with E-state index in [0.29, 0.717) is 25.2 Å². The van der Waals surface area contributed by atoms with Crippen LogP contribution in [0.25, 0.3) is 10.1 Å². The zero-order chi connectivity index (χ0) is 32.6. The van der Waals surface area contributed by atoms with Gasteiger partial charge in [-0.25, -0.2) is 21.6 Å². The van der Waals surface area contributed by atoms with E-state index in [0.717, 1.165) is 73.3 Å². The van der Waals surface area contributed by atoms with Gasteiger partial charge in [0.1, 0.15) is 68.5 Å². The smallest absolute Gasteiger partial charge is 0.490 e. The number of benzene rings is 2. The average Bonchev–Trinajstić information content (AvgIpc) is 3.48. The molecule has 3 aliphatic rings. The van der Waals surface area contributed by atoms with Crippen LogP contribution in [0, 0.1) is 34.6 Å². The lowest BCUT2D eigenvalue weighted by atomic mass is 10.1. The maximum atomic E-state index is 15.5. The van der Waals surface area contributed by atoms with Crippen LogP contribution in [0.1, 0.15) is 23.8 Å². The Bertz CT molecular complexity index is 1760. The van der Waals surface area contributed by atoms with Crippen molar-refractivity contribution in [3.63, 3.8) is 0 Å². The van der Waals surface area contributed by atoms with Crippen molar-refractivity contribution >= 4 is 39.7 Å². The number of nitriles is 1. The van der Waals surface area contributed by atoms with E-state index >= 15 is 13.2 Å². The summed E-state index contributed by atoms with van der Waals surface area (Å²) >= 11 is 0.260. The largest absolute Gasteiger partial charge is 0.566 e. The number of nitrogens with zero attached hydrogens (tertiary/aromatic N) is 3. The Morgan fingerprint density at radius 1 is 1.04 bits per heavy atom. The van der Waals surface area contributed by atoms with Gasteiger partial charge in [0.05, 0.1) is 16.8 Å². The van der Waals surface area contributed by atoms with E-state index in [2.05, 4.69) is 4.52 Å². The first-order chi connectivity index (χ1) is 21.3. The van der Waals surface area contributed by atoms with Crippen LogP contribution in [0.15, 0.2) is 28.5 Å². The summed E-state index contributed by atoms with van der Waals surface area (Å²) in [6, 6.07) is 5.00. The van der Waals surface area contributed by atoms with Crippen LogP contribution in [0.2, 0.25) is 0 Å². The Hall–Kier alpha value is -2.78. The van der Waals surface area contributed by atoms with Crippen molar-refractivity contribution in [3.8, 4) is 11.8 Å². The molecule has 0 spiro atoms. The molecule has 0 aliphatic carbocycles. The lowest BCUT2D eigenvalue weighted by molar-refractivity contribution is -1.08. The highest BCUT2D eigenvalue weighted by Crippen LogP contribution is 2.40. The Morgan fingerprint density at radius 2 is 1.69 bits per heavy atom. The van der Waals surface area contributed by atoms with E-state index in [1.54, 1.807) is 6.07 Å². The Morgan fingerprint density at radius 3 is 2.27 bits per heavy atom. The van der Waals surface area contributed by atoms with Crippen LogP contribution in [-0.2, 0) is 19.1 Å². The molecule has 11 nitrogen and oxygen atoms in total. The number of rotatable bonds is 13. The van der Waals surface area contributed by atoms with Crippen molar-refractivity contribution in [2.45, 2.75) is 16.9 Å². The number of piperazine rings is 3. The number of nitrogens with two attached hydrogens (primary N) is 1. The van der Waals surface area contributed by atoms with Crippen molar-refractivity contribution in [3.05, 3.63) is 58.7 Å². The molecule has 0 amide bonds. The molecule has 242 valence electrons. The van der Waals surface area contributed by atoms with Crippen molar-refractivity contribution in [2.75, 3.05) is 65.5 Å². The van der Waals surface area contributed by atoms with Gasteiger partial charge in [-0.1, -0.05) is 6.07 Å². The summed E-state index contributed by atoms with van der Waals surface area (Å²) in [5.41, 5.74) is 4.98. The molecular weight excluding hydrogens is 661 g/mol. The van der Waals surface area contributed by atoms with Crippen molar-refractivity contribution in [1.29, 1.82) is 5.26 Å². The number of nitrogens with one attached hydrogen (secondary N) is 1. The fourth-order valence-corrected chi connectivity index (χ4v) is 8.90. The predicted octanol–water partition coefficient (Wildman–Crippen LogP) is 2.73. The molecular formula is C27H30F4N5O6PS2+2. The summed E-state index contributed by atoms with van der Waals surface area (Å²) in [4.78, 5) is 11.3. The highest BCUT2D eigenvalue weighted by atomic mass is 32.2. The minimum atomic E-state index is -4.77. The molecule has 45 heavy (non-hydrogen) atoms. The number of halogens is 4. The number of hydrogen-bond acceptors (Lipinski definition) is 9. The van der Waals surface area contributed by atoms with E-state index in [-0.39, 0.29) is 23.5 Å². The van der Waals surface area contributed by atoms with E-state index in [1.165, 1.54) is 0 Å². The molecule has 0 radical (unpaired) electrons. The first-order valence-corrected chi connectivity index (χ1v) is 17.4. The van der Waals surface area contributed by atoms with Gasteiger partial charge in [-0.3, -0.25) is 0 Å². The van der Waals surface area contributed by atoms with Crippen LogP contribution < -0.4 is 20.1 Å². The molecule has 2 unspecified atom stereocenters. The van der Waals surface area contributed by atoms with E-state index in [9.17, 15) is 22.3 Å². The third-order valence-corrected chi connectivity index (χ3v) is 12.1.